The summed E-state index contributed by atoms with van der Waals surface area (Å²) in [4.78, 5) is 39.9. The molecule has 2 aliphatic heterocycles. The first-order valence-corrected chi connectivity index (χ1v) is 11.6. The van der Waals surface area contributed by atoms with E-state index in [-0.39, 0.29) is 22.5 Å². The molecule has 2 fully saturated rings. The highest BCUT2D eigenvalue weighted by atomic mass is 32.2. The molecule has 2 aliphatic rings. The molecule has 2 aromatic carbocycles. The zero-order chi connectivity index (χ0) is 22.9. The Morgan fingerprint density at radius 2 is 1.84 bits per heavy atom. The molecule has 0 saturated carbocycles. The topological polar surface area (TPSA) is 95.8 Å². The van der Waals surface area contributed by atoms with Crippen LogP contribution in [0.3, 0.4) is 0 Å². The van der Waals surface area contributed by atoms with Crippen molar-refractivity contribution < 1.29 is 14.5 Å². The second-order valence-electron chi connectivity index (χ2n) is 8.29. The SMILES string of the molecule is Cc1ccc(NC(=O)N2CCC3(CC2)SCCN3C(=O)c2cccc([N+](=O)[O-])c2)c(C)c1. The monoisotopic (exact) mass is 454 g/mol. The van der Waals surface area contributed by atoms with Crippen LogP contribution in [-0.2, 0) is 0 Å². The van der Waals surface area contributed by atoms with Crippen molar-refractivity contribution in [1.82, 2.24) is 9.80 Å². The summed E-state index contributed by atoms with van der Waals surface area (Å²) in [6.45, 7) is 5.68. The van der Waals surface area contributed by atoms with Gasteiger partial charge in [-0.3, -0.25) is 14.9 Å². The summed E-state index contributed by atoms with van der Waals surface area (Å²) >= 11 is 1.74. The third-order valence-corrected chi connectivity index (χ3v) is 7.73. The number of non-ortho nitro benzene ring substituents is 1. The van der Waals surface area contributed by atoms with Crippen molar-refractivity contribution in [3.63, 3.8) is 0 Å². The van der Waals surface area contributed by atoms with Crippen molar-refractivity contribution in [1.29, 1.82) is 0 Å². The fraction of sp³-hybridized carbons (Fsp3) is 0.391. The van der Waals surface area contributed by atoms with E-state index in [2.05, 4.69) is 5.32 Å². The summed E-state index contributed by atoms with van der Waals surface area (Å²) < 4.78 is 0. The quantitative estimate of drug-likeness (QED) is 0.547. The molecule has 32 heavy (non-hydrogen) atoms. The summed E-state index contributed by atoms with van der Waals surface area (Å²) in [7, 11) is 0. The number of thioether (sulfide) groups is 1. The van der Waals surface area contributed by atoms with Crippen molar-refractivity contribution in [2.75, 3.05) is 30.7 Å². The van der Waals surface area contributed by atoms with Gasteiger partial charge in [-0.1, -0.05) is 23.8 Å². The van der Waals surface area contributed by atoms with Crippen LogP contribution in [0.2, 0.25) is 0 Å². The van der Waals surface area contributed by atoms with Gasteiger partial charge in [0.1, 0.15) is 0 Å². The van der Waals surface area contributed by atoms with Crippen LogP contribution in [0, 0.1) is 24.0 Å². The molecule has 0 radical (unpaired) electrons. The van der Waals surface area contributed by atoms with E-state index >= 15 is 0 Å². The number of likely N-dealkylation sites (tertiary alicyclic amines) is 1. The molecule has 2 aromatic rings. The number of rotatable bonds is 3. The number of hydrogen-bond donors (Lipinski definition) is 1. The Morgan fingerprint density at radius 3 is 2.53 bits per heavy atom. The second kappa shape index (κ2) is 8.82. The number of anilines is 1. The molecule has 8 nitrogen and oxygen atoms in total. The first-order chi connectivity index (χ1) is 15.3. The van der Waals surface area contributed by atoms with Crippen LogP contribution in [0.25, 0.3) is 0 Å². The molecule has 0 aromatic heterocycles. The van der Waals surface area contributed by atoms with E-state index in [1.807, 2.05) is 36.9 Å². The lowest BCUT2D eigenvalue weighted by Gasteiger charge is -2.44. The summed E-state index contributed by atoms with van der Waals surface area (Å²) in [6.07, 6.45) is 1.33. The Morgan fingerprint density at radius 1 is 1.09 bits per heavy atom. The van der Waals surface area contributed by atoms with Gasteiger partial charge in [-0.15, -0.1) is 11.8 Å². The minimum Gasteiger partial charge on any atom is -0.324 e. The number of carbonyl (C=O) groups excluding carboxylic acids is 2. The Balaban J connectivity index is 1.43. The minimum atomic E-state index is -0.488. The molecule has 0 bridgehead atoms. The first kappa shape index (κ1) is 22.1. The van der Waals surface area contributed by atoms with Gasteiger partial charge in [-0.2, -0.15) is 0 Å². The zero-order valence-corrected chi connectivity index (χ0v) is 19.0. The van der Waals surface area contributed by atoms with Crippen LogP contribution in [0.15, 0.2) is 42.5 Å². The number of urea groups is 1. The van der Waals surface area contributed by atoms with Gasteiger partial charge >= 0.3 is 6.03 Å². The highest BCUT2D eigenvalue weighted by Crippen LogP contribution is 2.44. The number of amides is 3. The molecule has 2 saturated heterocycles. The normalized spacial score (nSPS) is 17.4. The van der Waals surface area contributed by atoms with Crippen molar-refractivity contribution in [3.05, 3.63) is 69.3 Å². The van der Waals surface area contributed by atoms with Gasteiger partial charge in [-0.05, 0) is 44.4 Å². The Bertz CT molecular complexity index is 1070. The van der Waals surface area contributed by atoms with E-state index in [9.17, 15) is 19.7 Å². The number of benzene rings is 2. The highest BCUT2D eigenvalue weighted by Gasteiger charge is 2.47. The van der Waals surface area contributed by atoms with E-state index in [1.165, 1.54) is 12.1 Å². The molecule has 168 valence electrons. The van der Waals surface area contributed by atoms with Gasteiger partial charge in [0.15, 0.2) is 0 Å². The van der Waals surface area contributed by atoms with Crippen LogP contribution in [0.1, 0.15) is 34.3 Å². The largest absolute Gasteiger partial charge is 0.324 e. The van der Waals surface area contributed by atoms with E-state index in [0.29, 0.717) is 38.0 Å². The van der Waals surface area contributed by atoms with Gasteiger partial charge in [0.25, 0.3) is 11.6 Å². The molecule has 1 N–H and O–H groups in total. The minimum absolute atomic E-state index is 0.0883. The van der Waals surface area contributed by atoms with Crippen molar-refractivity contribution in [3.8, 4) is 0 Å². The summed E-state index contributed by atoms with van der Waals surface area (Å²) in [5.74, 6) is 0.627. The van der Waals surface area contributed by atoms with Crippen LogP contribution in [0.4, 0.5) is 16.2 Å². The van der Waals surface area contributed by atoms with Gasteiger partial charge in [0, 0.05) is 48.8 Å². The molecule has 1 spiro atoms. The smallest absolute Gasteiger partial charge is 0.321 e. The van der Waals surface area contributed by atoms with Crippen LogP contribution >= 0.6 is 11.8 Å². The molecule has 4 rings (SSSR count). The maximum absolute atomic E-state index is 13.2. The van der Waals surface area contributed by atoms with Crippen molar-refractivity contribution >= 4 is 35.1 Å². The van der Waals surface area contributed by atoms with E-state index < -0.39 is 4.92 Å². The molecule has 0 atom stereocenters. The average Bonchev–Trinajstić information content (AvgIpc) is 3.18. The van der Waals surface area contributed by atoms with E-state index in [0.717, 1.165) is 22.6 Å². The number of carbonyl (C=O) groups is 2. The number of nitro benzene ring substituents is 1. The molecule has 0 aliphatic carbocycles. The Kier molecular flexibility index (Phi) is 6.10. The Hall–Kier alpha value is -3.07. The third-order valence-electron chi connectivity index (χ3n) is 6.18. The molecule has 3 amide bonds. The molecular weight excluding hydrogens is 428 g/mol. The number of aryl methyl sites for hydroxylation is 2. The van der Waals surface area contributed by atoms with Crippen molar-refractivity contribution in [2.45, 2.75) is 31.6 Å². The van der Waals surface area contributed by atoms with Crippen molar-refractivity contribution in [2.24, 2.45) is 0 Å². The van der Waals surface area contributed by atoms with Crippen LogP contribution in [0.5, 0.6) is 0 Å². The number of hydrogen-bond acceptors (Lipinski definition) is 5. The summed E-state index contributed by atoms with van der Waals surface area (Å²) in [6, 6.07) is 11.7. The van der Waals surface area contributed by atoms with Crippen LogP contribution < -0.4 is 5.32 Å². The lowest BCUT2D eigenvalue weighted by atomic mass is 10.0. The van der Waals surface area contributed by atoms with Gasteiger partial charge in [-0.25, -0.2) is 4.79 Å². The summed E-state index contributed by atoms with van der Waals surface area (Å²) in [5, 5.41) is 14.1. The number of nitrogens with one attached hydrogen (secondary N) is 1. The van der Waals surface area contributed by atoms with Gasteiger partial charge in [0.2, 0.25) is 0 Å². The van der Waals surface area contributed by atoms with E-state index in [4.69, 9.17) is 0 Å². The predicted octanol–water partition coefficient (Wildman–Crippen LogP) is 4.42. The number of nitrogens with zero attached hydrogens (tertiary/aromatic N) is 3. The summed E-state index contributed by atoms with van der Waals surface area (Å²) in [5.41, 5.74) is 3.21. The third kappa shape index (κ3) is 4.29. The lowest BCUT2D eigenvalue weighted by Crippen LogP contribution is -2.54. The molecule has 2 heterocycles. The standard InChI is InChI=1S/C23H26N4O4S/c1-16-6-7-20(17(2)14-16)24-22(29)25-10-8-23(9-11-25)26(12-13-32-23)21(28)18-4-3-5-19(15-18)27(30)31/h3-7,14-15H,8-13H2,1-2H3,(H,24,29). The highest BCUT2D eigenvalue weighted by molar-refractivity contribution is 8.00. The maximum Gasteiger partial charge on any atom is 0.321 e. The fourth-order valence-electron chi connectivity index (χ4n) is 4.43. The van der Waals surface area contributed by atoms with E-state index in [1.54, 1.807) is 28.8 Å². The lowest BCUT2D eigenvalue weighted by molar-refractivity contribution is -0.384. The average molecular weight is 455 g/mol. The molecular formula is C23H26N4O4S. The maximum atomic E-state index is 13.2. The number of piperidine rings is 1. The second-order valence-corrected chi connectivity index (χ2v) is 9.75. The van der Waals surface area contributed by atoms with Gasteiger partial charge < -0.3 is 15.1 Å². The molecule has 0 unspecified atom stereocenters. The number of nitro groups is 1. The predicted molar refractivity (Wildman–Crippen MR) is 125 cm³/mol. The van der Waals surface area contributed by atoms with Gasteiger partial charge in [0.05, 0.1) is 9.79 Å². The zero-order valence-electron chi connectivity index (χ0n) is 18.2. The first-order valence-electron chi connectivity index (χ1n) is 10.6. The fourth-order valence-corrected chi connectivity index (χ4v) is 5.88. The van der Waals surface area contributed by atoms with Crippen LogP contribution in [-0.4, -0.2) is 56.9 Å². The molecule has 9 heteroatoms. The Labute approximate surface area is 191 Å².